The molecule has 0 amide bonds. The molecular weight excluding hydrogens is 450 g/mol. The minimum Gasteiger partial charge on any atom is -0.488 e. The Bertz CT molecular complexity index is 1190. The summed E-state index contributed by atoms with van der Waals surface area (Å²) in [5.74, 6) is -0.986. The molecule has 0 aromatic heterocycles. The number of nitrogens with one attached hydrogen (secondary N) is 1. The maximum atomic E-state index is 12.6. The number of hydrogen-bond acceptors (Lipinski definition) is 4. The van der Waals surface area contributed by atoms with Gasteiger partial charge in [-0.1, -0.05) is 74.0 Å². The van der Waals surface area contributed by atoms with Gasteiger partial charge in [-0.3, -0.25) is 4.79 Å². The topological polar surface area (TPSA) is 92.7 Å². The number of carboxylic acids is 1. The molecule has 8 heteroatoms. The van der Waals surface area contributed by atoms with Crippen LogP contribution >= 0.6 is 11.6 Å². The van der Waals surface area contributed by atoms with Crippen molar-refractivity contribution in [3.63, 3.8) is 0 Å². The van der Waals surface area contributed by atoms with Crippen LogP contribution in [0.1, 0.15) is 19.4 Å². The Balaban J connectivity index is 1.82. The molecule has 3 rings (SSSR count). The maximum absolute atomic E-state index is 12.6. The molecule has 3 aromatic rings. The molecular formula is C24H24ClNO5S. The van der Waals surface area contributed by atoms with Crippen LogP contribution in [0.2, 0.25) is 5.02 Å². The van der Waals surface area contributed by atoms with Crippen molar-refractivity contribution in [2.75, 3.05) is 0 Å². The summed E-state index contributed by atoms with van der Waals surface area (Å²) in [6.45, 7) is 3.58. The number of ether oxygens (including phenoxy) is 1. The largest absolute Gasteiger partial charge is 0.488 e. The van der Waals surface area contributed by atoms with E-state index in [-0.39, 0.29) is 4.90 Å². The summed E-state index contributed by atoms with van der Waals surface area (Å²) in [4.78, 5) is 11.4. The summed E-state index contributed by atoms with van der Waals surface area (Å²) in [7, 11) is -3.99. The van der Waals surface area contributed by atoms with E-state index in [0.29, 0.717) is 17.4 Å². The maximum Gasteiger partial charge on any atom is 0.322 e. The summed E-state index contributed by atoms with van der Waals surface area (Å²) < 4.78 is 33.5. The predicted molar refractivity (Wildman–Crippen MR) is 124 cm³/mol. The molecule has 0 bridgehead atoms. The number of benzene rings is 3. The molecule has 0 aliphatic heterocycles. The molecule has 1 atom stereocenters. The number of halogens is 1. The van der Waals surface area contributed by atoms with Gasteiger partial charge in [0.15, 0.2) is 0 Å². The Labute approximate surface area is 192 Å². The first kappa shape index (κ1) is 23.8. The van der Waals surface area contributed by atoms with E-state index in [0.717, 1.165) is 16.7 Å². The number of para-hydroxylation sites is 1. The van der Waals surface area contributed by atoms with Crippen LogP contribution in [-0.2, 0) is 21.4 Å². The third kappa shape index (κ3) is 5.68. The zero-order valence-electron chi connectivity index (χ0n) is 17.7. The van der Waals surface area contributed by atoms with Crippen molar-refractivity contribution in [3.05, 3.63) is 83.4 Å². The Kier molecular flexibility index (Phi) is 7.56. The monoisotopic (exact) mass is 473 g/mol. The van der Waals surface area contributed by atoms with E-state index in [2.05, 4.69) is 4.72 Å². The highest BCUT2D eigenvalue weighted by Crippen LogP contribution is 2.31. The molecule has 0 saturated carbocycles. The van der Waals surface area contributed by atoms with Gasteiger partial charge in [0, 0.05) is 16.1 Å². The minimum atomic E-state index is -3.99. The normalized spacial score (nSPS) is 12.5. The van der Waals surface area contributed by atoms with Crippen molar-refractivity contribution in [1.29, 1.82) is 0 Å². The van der Waals surface area contributed by atoms with Gasteiger partial charge in [0.25, 0.3) is 0 Å². The molecule has 3 aromatic carbocycles. The lowest BCUT2D eigenvalue weighted by Crippen LogP contribution is -2.44. The fourth-order valence-corrected chi connectivity index (χ4v) is 4.65. The first-order valence-electron chi connectivity index (χ1n) is 10.00. The molecule has 0 fully saturated rings. The van der Waals surface area contributed by atoms with Crippen molar-refractivity contribution in [2.45, 2.75) is 31.4 Å². The fraction of sp³-hybridized carbons (Fsp3) is 0.208. The van der Waals surface area contributed by atoms with E-state index >= 15 is 0 Å². The van der Waals surface area contributed by atoms with Gasteiger partial charge in [-0.05, 0) is 35.7 Å². The van der Waals surface area contributed by atoms with E-state index in [4.69, 9.17) is 16.3 Å². The molecule has 2 N–H and O–H groups in total. The highest BCUT2D eigenvalue weighted by Gasteiger charge is 2.28. The lowest BCUT2D eigenvalue weighted by atomic mass is 10.0. The third-order valence-corrected chi connectivity index (χ3v) is 6.74. The molecule has 0 radical (unpaired) electrons. The van der Waals surface area contributed by atoms with Crippen LogP contribution in [0, 0.1) is 5.92 Å². The lowest BCUT2D eigenvalue weighted by Gasteiger charge is -2.18. The molecule has 1 unspecified atom stereocenters. The van der Waals surface area contributed by atoms with Gasteiger partial charge in [0.2, 0.25) is 10.0 Å². The summed E-state index contributed by atoms with van der Waals surface area (Å²) >= 11 is 6.20. The number of aliphatic carboxylic acids is 1. The molecule has 0 saturated heterocycles. The van der Waals surface area contributed by atoms with Crippen LogP contribution < -0.4 is 9.46 Å². The second kappa shape index (κ2) is 10.2. The Hall–Kier alpha value is -2.87. The number of sulfonamides is 1. The van der Waals surface area contributed by atoms with Crippen LogP contribution in [-0.4, -0.2) is 25.5 Å². The van der Waals surface area contributed by atoms with Crippen molar-refractivity contribution in [3.8, 4) is 16.9 Å². The molecule has 0 aliphatic rings. The van der Waals surface area contributed by atoms with Gasteiger partial charge in [-0.25, -0.2) is 8.42 Å². The first-order chi connectivity index (χ1) is 15.2. The SMILES string of the molecule is CC(C)C(NS(=O)(=O)c1ccc(-c2ccccc2OCc2ccccc2Cl)cc1)C(=O)O. The van der Waals surface area contributed by atoms with E-state index < -0.39 is 28.0 Å². The van der Waals surface area contributed by atoms with Gasteiger partial charge in [0.05, 0.1) is 4.90 Å². The number of carbonyl (C=O) groups is 1. The highest BCUT2D eigenvalue weighted by atomic mass is 35.5. The second-order valence-electron chi connectivity index (χ2n) is 7.58. The lowest BCUT2D eigenvalue weighted by molar-refractivity contribution is -0.140. The van der Waals surface area contributed by atoms with Gasteiger partial charge in [-0.15, -0.1) is 0 Å². The van der Waals surface area contributed by atoms with Crippen molar-refractivity contribution in [2.24, 2.45) is 5.92 Å². The molecule has 6 nitrogen and oxygen atoms in total. The summed E-state index contributed by atoms with van der Waals surface area (Å²) in [6, 6.07) is 19.9. The van der Waals surface area contributed by atoms with E-state index in [1.54, 1.807) is 32.0 Å². The molecule has 32 heavy (non-hydrogen) atoms. The number of rotatable bonds is 9. The summed E-state index contributed by atoms with van der Waals surface area (Å²) in [5.41, 5.74) is 2.41. The van der Waals surface area contributed by atoms with Gasteiger partial charge < -0.3 is 9.84 Å². The van der Waals surface area contributed by atoms with Crippen LogP contribution in [0.25, 0.3) is 11.1 Å². The van der Waals surface area contributed by atoms with Gasteiger partial charge >= 0.3 is 5.97 Å². The smallest absolute Gasteiger partial charge is 0.322 e. The van der Waals surface area contributed by atoms with E-state index in [9.17, 15) is 18.3 Å². The van der Waals surface area contributed by atoms with Crippen LogP contribution in [0.15, 0.2) is 77.7 Å². The van der Waals surface area contributed by atoms with Crippen LogP contribution in [0.4, 0.5) is 0 Å². The van der Waals surface area contributed by atoms with Crippen LogP contribution in [0.5, 0.6) is 5.75 Å². The highest BCUT2D eigenvalue weighted by molar-refractivity contribution is 7.89. The average molecular weight is 474 g/mol. The zero-order valence-corrected chi connectivity index (χ0v) is 19.2. The van der Waals surface area contributed by atoms with E-state index in [1.807, 2.05) is 42.5 Å². The quantitative estimate of drug-likeness (QED) is 0.457. The van der Waals surface area contributed by atoms with Crippen LogP contribution in [0.3, 0.4) is 0 Å². The number of carboxylic acid groups (broad SMARTS) is 1. The fourth-order valence-electron chi connectivity index (χ4n) is 3.12. The zero-order chi connectivity index (χ0) is 23.3. The summed E-state index contributed by atoms with van der Waals surface area (Å²) in [6.07, 6.45) is 0. The van der Waals surface area contributed by atoms with Crippen molar-refractivity contribution < 1.29 is 23.1 Å². The summed E-state index contributed by atoms with van der Waals surface area (Å²) in [5, 5.41) is 9.90. The predicted octanol–water partition coefficient (Wildman–Crippen LogP) is 4.97. The average Bonchev–Trinajstić information content (AvgIpc) is 2.77. The third-order valence-electron chi connectivity index (χ3n) is 4.92. The standard InChI is InChI=1S/C24H24ClNO5S/c1-16(2)23(24(27)28)26-32(29,30)19-13-11-17(12-14-19)20-8-4-6-10-22(20)31-15-18-7-3-5-9-21(18)25/h3-14,16,23,26H,15H2,1-2H3,(H,27,28). The molecule has 0 spiro atoms. The first-order valence-corrected chi connectivity index (χ1v) is 11.9. The Morgan fingerprint density at radius 1 is 1.00 bits per heavy atom. The molecule has 0 heterocycles. The van der Waals surface area contributed by atoms with E-state index in [1.165, 1.54) is 12.1 Å². The molecule has 0 aliphatic carbocycles. The van der Waals surface area contributed by atoms with Crippen molar-refractivity contribution in [1.82, 2.24) is 4.72 Å². The van der Waals surface area contributed by atoms with Crippen molar-refractivity contribution >= 4 is 27.6 Å². The Morgan fingerprint density at radius 2 is 1.62 bits per heavy atom. The second-order valence-corrected chi connectivity index (χ2v) is 9.70. The van der Waals surface area contributed by atoms with Gasteiger partial charge in [0.1, 0.15) is 18.4 Å². The minimum absolute atomic E-state index is 0.0115. The number of hydrogen-bond donors (Lipinski definition) is 2. The Morgan fingerprint density at radius 3 is 2.25 bits per heavy atom. The molecule has 168 valence electrons. The van der Waals surface area contributed by atoms with Gasteiger partial charge in [-0.2, -0.15) is 4.72 Å².